The van der Waals surface area contributed by atoms with Gasteiger partial charge in [0.15, 0.2) is 0 Å². The third-order valence-electron chi connectivity index (χ3n) is 5.80. The lowest BCUT2D eigenvalue weighted by atomic mass is 9.88. The SMILES string of the molecule is CC1OC2(CCN(CCc3cncc(Cl)c3)CC2)CN(c2ccccc2)C1=O. The quantitative estimate of drug-likeness (QED) is 0.788. The van der Waals surface area contributed by atoms with E-state index in [4.69, 9.17) is 16.3 Å². The number of aromatic nitrogens is 1. The Balaban J connectivity index is 1.38. The summed E-state index contributed by atoms with van der Waals surface area (Å²) in [6.07, 6.45) is 5.94. The number of ether oxygens (including phenoxy) is 1. The largest absolute Gasteiger partial charge is 0.360 e. The van der Waals surface area contributed by atoms with Crippen LogP contribution in [0.1, 0.15) is 25.3 Å². The number of piperidine rings is 1. The lowest BCUT2D eigenvalue weighted by Gasteiger charge is -2.49. The summed E-state index contributed by atoms with van der Waals surface area (Å²) in [7, 11) is 0. The molecule has 148 valence electrons. The summed E-state index contributed by atoms with van der Waals surface area (Å²) in [6, 6.07) is 11.9. The molecule has 5 nitrogen and oxygen atoms in total. The molecule has 0 saturated carbocycles. The first-order valence-corrected chi connectivity index (χ1v) is 10.3. The number of benzene rings is 1. The Hall–Kier alpha value is -1.95. The number of anilines is 1. The average molecular weight is 400 g/mol. The highest BCUT2D eigenvalue weighted by atomic mass is 35.5. The Bertz CT molecular complexity index is 822. The van der Waals surface area contributed by atoms with Crippen LogP contribution in [0.3, 0.4) is 0 Å². The number of carbonyl (C=O) groups is 1. The maximum atomic E-state index is 12.7. The van der Waals surface area contributed by atoms with Crippen LogP contribution in [0.25, 0.3) is 0 Å². The molecule has 1 aromatic heterocycles. The summed E-state index contributed by atoms with van der Waals surface area (Å²) in [6.45, 7) is 5.42. The van der Waals surface area contributed by atoms with Crippen molar-refractivity contribution in [2.45, 2.75) is 37.9 Å². The third kappa shape index (κ3) is 4.22. The molecule has 1 atom stereocenters. The van der Waals surface area contributed by atoms with E-state index in [1.54, 1.807) is 6.20 Å². The number of nitrogens with zero attached hydrogens (tertiary/aromatic N) is 3. The first-order chi connectivity index (χ1) is 13.5. The molecular formula is C22H26ClN3O2. The van der Waals surface area contributed by atoms with E-state index < -0.39 is 6.10 Å². The van der Waals surface area contributed by atoms with E-state index in [-0.39, 0.29) is 11.5 Å². The van der Waals surface area contributed by atoms with Crippen molar-refractivity contribution in [3.63, 3.8) is 0 Å². The molecule has 0 aliphatic carbocycles. The number of pyridine rings is 1. The summed E-state index contributed by atoms with van der Waals surface area (Å²) in [5.41, 5.74) is 1.87. The van der Waals surface area contributed by atoms with Crippen LogP contribution in [-0.4, -0.2) is 53.7 Å². The van der Waals surface area contributed by atoms with Gasteiger partial charge in [0.1, 0.15) is 6.10 Å². The molecule has 2 fully saturated rings. The molecule has 4 rings (SSSR count). The van der Waals surface area contributed by atoms with Crippen LogP contribution in [0.4, 0.5) is 5.69 Å². The normalized spacial score (nSPS) is 22.6. The topological polar surface area (TPSA) is 45.7 Å². The molecule has 2 aromatic rings. The molecule has 1 spiro atoms. The van der Waals surface area contributed by atoms with Crippen LogP contribution < -0.4 is 4.90 Å². The van der Waals surface area contributed by atoms with Gasteiger partial charge in [0.2, 0.25) is 0 Å². The van der Waals surface area contributed by atoms with Crippen molar-refractivity contribution in [3.8, 4) is 0 Å². The number of hydrogen-bond donors (Lipinski definition) is 0. The van der Waals surface area contributed by atoms with Gasteiger partial charge in [0.25, 0.3) is 5.91 Å². The Morgan fingerprint density at radius 1 is 1.21 bits per heavy atom. The maximum absolute atomic E-state index is 12.7. The minimum Gasteiger partial charge on any atom is -0.360 e. The van der Waals surface area contributed by atoms with Crippen molar-refractivity contribution in [1.29, 1.82) is 0 Å². The molecule has 0 N–H and O–H groups in total. The molecule has 1 amide bonds. The zero-order chi connectivity index (χ0) is 19.6. The van der Waals surface area contributed by atoms with E-state index in [0.29, 0.717) is 11.6 Å². The number of halogens is 1. The Morgan fingerprint density at radius 2 is 1.96 bits per heavy atom. The fourth-order valence-electron chi connectivity index (χ4n) is 4.21. The highest BCUT2D eigenvalue weighted by Gasteiger charge is 2.45. The van der Waals surface area contributed by atoms with Crippen LogP contribution in [0.2, 0.25) is 5.02 Å². The standard InChI is InChI=1S/C22H26ClN3O2/c1-17-21(27)26(20-5-3-2-4-6-20)16-22(28-17)8-11-25(12-9-22)10-7-18-13-19(23)15-24-14-18/h2-6,13-15,17H,7-12,16H2,1H3. The maximum Gasteiger partial charge on any atom is 0.255 e. The number of amides is 1. The lowest BCUT2D eigenvalue weighted by Crippen LogP contribution is -2.61. The molecule has 1 unspecified atom stereocenters. The van der Waals surface area contributed by atoms with Gasteiger partial charge < -0.3 is 14.5 Å². The lowest BCUT2D eigenvalue weighted by molar-refractivity contribution is -0.161. The van der Waals surface area contributed by atoms with Gasteiger partial charge >= 0.3 is 0 Å². The van der Waals surface area contributed by atoms with Crippen LogP contribution in [0, 0.1) is 0 Å². The van der Waals surface area contributed by atoms with E-state index in [0.717, 1.165) is 50.1 Å². The van der Waals surface area contributed by atoms with Gasteiger partial charge in [0.05, 0.1) is 17.2 Å². The predicted octanol–water partition coefficient (Wildman–Crippen LogP) is 3.56. The molecule has 3 heterocycles. The second-order valence-electron chi connectivity index (χ2n) is 7.81. The highest BCUT2D eigenvalue weighted by Crippen LogP contribution is 2.35. The van der Waals surface area contributed by atoms with Crippen molar-refractivity contribution in [3.05, 3.63) is 59.4 Å². The summed E-state index contributed by atoms with van der Waals surface area (Å²) < 4.78 is 6.26. The van der Waals surface area contributed by atoms with E-state index in [1.165, 1.54) is 0 Å². The number of hydrogen-bond acceptors (Lipinski definition) is 4. The van der Waals surface area contributed by atoms with Crippen LogP contribution in [0.15, 0.2) is 48.8 Å². The number of likely N-dealkylation sites (tertiary alicyclic amines) is 1. The monoisotopic (exact) mass is 399 g/mol. The Labute approximate surface area is 171 Å². The van der Waals surface area contributed by atoms with Crippen molar-refractivity contribution < 1.29 is 9.53 Å². The van der Waals surface area contributed by atoms with Crippen molar-refractivity contribution in [2.75, 3.05) is 31.1 Å². The summed E-state index contributed by atoms with van der Waals surface area (Å²) in [4.78, 5) is 21.2. The molecule has 2 aliphatic rings. The number of morpholine rings is 1. The van der Waals surface area contributed by atoms with Crippen molar-refractivity contribution in [1.82, 2.24) is 9.88 Å². The molecule has 0 bridgehead atoms. The Morgan fingerprint density at radius 3 is 2.68 bits per heavy atom. The molecule has 6 heteroatoms. The van der Waals surface area contributed by atoms with Gasteiger partial charge in [-0.3, -0.25) is 9.78 Å². The van der Waals surface area contributed by atoms with Gasteiger partial charge in [-0.15, -0.1) is 0 Å². The summed E-state index contributed by atoms with van der Waals surface area (Å²) in [5, 5.41) is 0.686. The van der Waals surface area contributed by atoms with E-state index >= 15 is 0 Å². The van der Waals surface area contributed by atoms with Crippen LogP contribution >= 0.6 is 11.6 Å². The molecule has 2 saturated heterocycles. The van der Waals surface area contributed by atoms with E-state index in [1.807, 2.05) is 54.4 Å². The van der Waals surface area contributed by atoms with Gasteiger partial charge in [0, 0.05) is 37.7 Å². The summed E-state index contributed by atoms with van der Waals surface area (Å²) in [5.74, 6) is 0.0488. The van der Waals surface area contributed by atoms with E-state index in [2.05, 4.69) is 9.88 Å². The van der Waals surface area contributed by atoms with Crippen LogP contribution in [-0.2, 0) is 16.0 Å². The van der Waals surface area contributed by atoms with Gasteiger partial charge in [-0.05, 0) is 49.9 Å². The fourth-order valence-corrected chi connectivity index (χ4v) is 4.41. The fraction of sp³-hybridized carbons (Fsp3) is 0.455. The number of rotatable bonds is 4. The van der Waals surface area contributed by atoms with E-state index in [9.17, 15) is 4.79 Å². The average Bonchev–Trinajstić information content (AvgIpc) is 2.71. The molecular weight excluding hydrogens is 374 g/mol. The van der Waals surface area contributed by atoms with Crippen molar-refractivity contribution in [2.24, 2.45) is 0 Å². The predicted molar refractivity (Wildman–Crippen MR) is 111 cm³/mol. The minimum absolute atomic E-state index is 0.0488. The number of para-hydroxylation sites is 1. The zero-order valence-electron chi connectivity index (χ0n) is 16.2. The smallest absolute Gasteiger partial charge is 0.255 e. The van der Waals surface area contributed by atoms with Gasteiger partial charge in [-0.2, -0.15) is 0 Å². The second-order valence-corrected chi connectivity index (χ2v) is 8.24. The number of carbonyl (C=O) groups excluding carboxylic acids is 1. The van der Waals surface area contributed by atoms with Crippen LogP contribution in [0.5, 0.6) is 0 Å². The second kappa shape index (κ2) is 8.19. The molecule has 1 aromatic carbocycles. The first kappa shape index (κ1) is 19.4. The molecule has 0 radical (unpaired) electrons. The first-order valence-electron chi connectivity index (χ1n) is 9.91. The van der Waals surface area contributed by atoms with Gasteiger partial charge in [-0.1, -0.05) is 29.8 Å². The van der Waals surface area contributed by atoms with Gasteiger partial charge in [-0.25, -0.2) is 0 Å². The summed E-state index contributed by atoms with van der Waals surface area (Å²) >= 11 is 6.03. The molecule has 28 heavy (non-hydrogen) atoms. The van der Waals surface area contributed by atoms with Crippen molar-refractivity contribution >= 4 is 23.2 Å². The minimum atomic E-state index is -0.405. The molecule has 2 aliphatic heterocycles. The zero-order valence-corrected chi connectivity index (χ0v) is 16.9. The Kier molecular flexibility index (Phi) is 5.67. The highest BCUT2D eigenvalue weighted by molar-refractivity contribution is 6.30. The third-order valence-corrected chi connectivity index (χ3v) is 6.01.